The van der Waals surface area contributed by atoms with Crippen molar-refractivity contribution in [2.75, 3.05) is 56.1 Å². The number of amides is 3. The predicted octanol–water partition coefficient (Wildman–Crippen LogP) is 1.89. The molecule has 3 amide bonds. The first-order chi connectivity index (χ1) is 15.0. The molecule has 0 spiro atoms. The summed E-state index contributed by atoms with van der Waals surface area (Å²) in [6, 6.07) is 5.52. The van der Waals surface area contributed by atoms with E-state index in [0.717, 1.165) is 18.9 Å². The van der Waals surface area contributed by atoms with E-state index < -0.39 is 0 Å². The highest BCUT2D eigenvalue weighted by Crippen LogP contribution is 2.40. The van der Waals surface area contributed by atoms with Crippen LogP contribution in [0.2, 0.25) is 0 Å². The van der Waals surface area contributed by atoms with Crippen LogP contribution in [0.15, 0.2) is 24.4 Å². The topological polar surface area (TPSA) is 85.8 Å². The van der Waals surface area contributed by atoms with Gasteiger partial charge in [0.15, 0.2) is 11.5 Å². The van der Waals surface area contributed by atoms with Crippen LogP contribution in [-0.2, 0) is 0 Å². The van der Waals surface area contributed by atoms with Gasteiger partial charge >= 0.3 is 6.03 Å². The molecule has 9 nitrogen and oxygen atoms in total. The second-order valence-electron chi connectivity index (χ2n) is 8.60. The SMILES string of the molecule is Cc1cc(C2CC2)cnc1N1CCN(C(=O)c2ccc(N3CCN(C)C3=O)nn2)CC1. The normalized spacial score (nSPS) is 19.4. The molecular weight excluding hydrogens is 394 g/mol. The number of hydrogen-bond acceptors (Lipinski definition) is 6. The molecule has 1 aliphatic carbocycles. The fourth-order valence-corrected chi connectivity index (χ4v) is 4.29. The summed E-state index contributed by atoms with van der Waals surface area (Å²) in [5.41, 5.74) is 2.85. The van der Waals surface area contributed by atoms with Crippen molar-refractivity contribution in [3.8, 4) is 0 Å². The Balaban J connectivity index is 1.20. The molecule has 0 unspecified atom stereocenters. The molecule has 0 atom stereocenters. The summed E-state index contributed by atoms with van der Waals surface area (Å²) in [5.74, 6) is 2.07. The molecule has 0 radical (unpaired) electrons. The van der Waals surface area contributed by atoms with Gasteiger partial charge in [-0.2, -0.15) is 0 Å². The molecule has 3 aliphatic rings. The zero-order valence-electron chi connectivity index (χ0n) is 18.0. The summed E-state index contributed by atoms with van der Waals surface area (Å²) in [4.78, 5) is 37.0. The van der Waals surface area contributed by atoms with Crippen molar-refractivity contribution in [3.63, 3.8) is 0 Å². The molecule has 2 aliphatic heterocycles. The van der Waals surface area contributed by atoms with Gasteiger partial charge < -0.3 is 14.7 Å². The molecule has 9 heteroatoms. The molecule has 2 aromatic heterocycles. The first-order valence-corrected chi connectivity index (χ1v) is 10.9. The Morgan fingerprint density at radius 1 is 1.03 bits per heavy atom. The number of nitrogens with zero attached hydrogens (tertiary/aromatic N) is 7. The van der Waals surface area contributed by atoms with Gasteiger partial charge in [-0.15, -0.1) is 10.2 Å². The van der Waals surface area contributed by atoms with E-state index in [0.29, 0.717) is 43.6 Å². The fourth-order valence-electron chi connectivity index (χ4n) is 4.29. The Morgan fingerprint density at radius 2 is 1.81 bits per heavy atom. The quantitative estimate of drug-likeness (QED) is 0.750. The van der Waals surface area contributed by atoms with Crippen LogP contribution in [0.4, 0.5) is 16.4 Å². The molecule has 3 fully saturated rings. The van der Waals surface area contributed by atoms with E-state index in [1.54, 1.807) is 29.0 Å². The summed E-state index contributed by atoms with van der Waals surface area (Å²) >= 11 is 0. The third kappa shape index (κ3) is 3.80. The van der Waals surface area contributed by atoms with Crippen LogP contribution >= 0.6 is 0 Å². The van der Waals surface area contributed by atoms with E-state index in [-0.39, 0.29) is 11.9 Å². The van der Waals surface area contributed by atoms with Gasteiger partial charge in [0, 0.05) is 52.5 Å². The highest BCUT2D eigenvalue weighted by molar-refractivity contribution is 5.94. The van der Waals surface area contributed by atoms with E-state index in [1.807, 2.05) is 11.1 Å². The molecule has 2 saturated heterocycles. The number of aromatic nitrogens is 3. The average molecular weight is 422 g/mol. The second kappa shape index (κ2) is 7.79. The summed E-state index contributed by atoms with van der Waals surface area (Å²) in [5, 5.41) is 8.23. The minimum Gasteiger partial charge on any atom is -0.353 e. The van der Waals surface area contributed by atoms with Gasteiger partial charge in [0.1, 0.15) is 5.82 Å². The molecule has 0 N–H and O–H groups in total. The first kappa shape index (κ1) is 19.7. The van der Waals surface area contributed by atoms with Gasteiger partial charge in [-0.3, -0.25) is 9.69 Å². The highest BCUT2D eigenvalue weighted by atomic mass is 16.2. The van der Waals surface area contributed by atoms with Gasteiger partial charge in [0.2, 0.25) is 0 Å². The van der Waals surface area contributed by atoms with Gasteiger partial charge in [-0.1, -0.05) is 6.07 Å². The Bertz CT molecular complexity index is 997. The Labute approximate surface area is 181 Å². The molecule has 1 saturated carbocycles. The van der Waals surface area contributed by atoms with Gasteiger partial charge in [-0.25, -0.2) is 9.78 Å². The smallest absolute Gasteiger partial charge is 0.325 e. The lowest BCUT2D eigenvalue weighted by molar-refractivity contribution is 0.0739. The van der Waals surface area contributed by atoms with E-state index >= 15 is 0 Å². The highest BCUT2D eigenvalue weighted by Gasteiger charge is 2.29. The summed E-state index contributed by atoms with van der Waals surface area (Å²) in [6.07, 6.45) is 4.56. The number of anilines is 2. The van der Waals surface area contributed by atoms with Crippen molar-refractivity contribution >= 4 is 23.6 Å². The number of urea groups is 1. The number of aryl methyl sites for hydroxylation is 1. The van der Waals surface area contributed by atoms with Crippen molar-refractivity contribution < 1.29 is 9.59 Å². The summed E-state index contributed by atoms with van der Waals surface area (Å²) in [6.45, 7) is 6.06. The van der Waals surface area contributed by atoms with E-state index in [4.69, 9.17) is 4.98 Å². The Hall–Kier alpha value is -3.23. The van der Waals surface area contributed by atoms with Gasteiger partial charge in [-0.05, 0) is 48.9 Å². The second-order valence-corrected chi connectivity index (χ2v) is 8.60. The minimum absolute atomic E-state index is 0.0986. The van der Waals surface area contributed by atoms with Gasteiger partial charge in [0.05, 0.1) is 0 Å². The standard InChI is InChI=1S/C22H27N7O2/c1-15-13-17(16-3-4-16)14-23-20(15)27-8-10-28(11-9-27)21(30)18-5-6-19(25-24-18)29-12-7-26(2)22(29)31/h5-6,13-14,16H,3-4,7-12H2,1-2H3. The zero-order chi connectivity index (χ0) is 21.5. The molecule has 0 bridgehead atoms. The predicted molar refractivity (Wildman–Crippen MR) is 116 cm³/mol. The van der Waals surface area contributed by atoms with Crippen LogP contribution in [-0.4, -0.2) is 83.2 Å². The van der Waals surface area contributed by atoms with E-state index in [2.05, 4.69) is 28.1 Å². The number of rotatable bonds is 4. The minimum atomic E-state index is -0.127. The molecule has 2 aromatic rings. The number of carbonyl (C=O) groups is 2. The molecule has 4 heterocycles. The molecule has 31 heavy (non-hydrogen) atoms. The van der Waals surface area contributed by atoms with Crippen LogP contribution in [0.1, 0.15) is 40.4 Å². The monoisotopic (exact) mass is 421 g/mol. The lowest BCUT2D eigenvalue weighted by Gasteiger charge is -2.36. The average Bonchev–Trinajstić information content (AvgIpc) is 3.59. The van der Waals surface area contributed by atoms with E-state index in [1.165, 1.54) is 24.0 Å². The number of carbonyl (C=O) groups excluding carboxylic acids is 2. The van der Waals surface area contributed by atoms with Crippen molar-refractivity contribution in [1.29, 1.82) is 0 Å². The first-order valence-electron chi connectivity index (χ1n) is 10.9. The lowest BCUT2D eigenvalue weighted by atomic mass is 10.1. The van der Waals surface area contributed by atoms with Crippen molar-refractivity contribution in [2.45, 2.75) is 25.7 Å². The van der Waals surface area contributed by atoms with Crippen LogP contribution < -0.4 is 9.80 Å². The Morgan fingerprint density at radius 3 is 2.39 bits per heavy atom. The molecule has 0 aromatic carbocycles. The number of hydrogen-bond donors (Lipinski definition) is 0. The maximum Gasteiger partial charge on any atom is 0.325 e. The fraction of sp³-hybridized carbons (Fsp3) is 0.500. The summed E-state index contributed by atoms with van der Waals surface area (Å²) in [7, 11) is 1.76. The van der Waals surface area contributed by atoms with Crippen molar-refractivity contribution in [3.05, 3.63) is 41.2 Å². The maximum absolute atomic E-state index is 12.9. The third-order valence-corrected chi connectivity index (χ3v) is 6.35. The third-order valence-electron chi connectivity index (χ3n) is 6.35. The van der Waals surface area contributed by atoms with Crippen molar-refractivity contribution in [2.24, 2.45) is 0 Å². The van der Waals surface area contributed by atoms with Crippen LogP contribution in [0.5, 0.6) is 0 Å². The number of piperazine rings is 1. The van der Waals surface area contributed by atoms with Crippen molar-refractivity contribution in [1.82, 2.24) is 25.0 Å². The molecule has 162 valence electrons. The Kier molecular flexibility index (Phi) is 4.95. The van der Waals surface area contributed by atoms with Crippen LogP contribution in [0.25, 0.3) is 0 Å². The molecular formula is C22H27N7O2. The van der Waals surface area contributed by atoms with Gasteiger partial charge in [0.25, 0.3) is 5.91 Å². The molecule has 5 rings (SSSR count). The number of pyridine rings is 1. The maximum atomic E-state index is 12.9. The lowest BCUT2D eigenvalue weighted by Crippen LogP contribution is -2.49. The van der Waals surface area contributed by atoms with E-state index in [9.17, 15) is 9.59 Å². The zero-order valence-corrected chi connectivity index (χ0v) is 18.0. The van der Waals surface area contributed by atoms with Crippen LogP contribution in [0, 0.1) is 6.92 Å². The largest absolute Gasteiger partial charge is 0.353 e. The van der Waals surface area contributed by atoms with Crippen LogP contribution in [0.3, 0.4) is 0 Å². The summed E-state index contributed by atoms with van der Waals surface area (Å²) < 4.78 is 0. The number of likely N-dealkylation sites (N-methyl/N-ethyl adjacent to an activating group) is 1.